The maximum atomic E-state index is 14.1. The van der Waals surface area contributed by atoms with Crippen molar-refractivity contribution in [2.45, 2.75) is 19.6 Å². The summed E-state index contributed by atoms with van der Waals surface area (Å²) >= 11 is 5.83. The first-order valence-electron chi connectivity index (χ1n) is 12.2. The third-order valence-corrected chi connectivity index (χ3v) is 6.59. The van der Waals surface area contributed by atoms with E-state index in [-0.39, 0.29) is 6.61 Å². The number of aromatic nitrogens is 3. The van der Waals surface area contributed by atoms with Crippen LogP contribution in [0.4, 0.5) is 4.39 Å². The maximum Gasteiger partial charge on any atom is 0.214 e. The highest BCUT2D eigenvalue weighted by molar-refractivity contribution is 6.30. The van der Waals surface area contributed by atoms with E-state index in [9.17, 15) is 4.39 Å². The minimum Gasteiger partial charge on any atom is -0.473 e. The first kappa shape index (κ1) is 23.9. The summed E-state index contributed by atoms with van der Waals surface area (Å²) in [6.07, 6.45) is 2.37. The summed E-state index contributed by atoms with van der Waals surface area (Å²) in [6, 6.07) is 30.4. The molecule has 3 heterocycles. The van der Waals surface area contributed by atoms with Crippen LogP contribution in [-0.4, -0.2) is 14.5 Å². The van der Waals surface area contributed by atoms with Crippen LogP contribution in [0.15, 0.2) is 108 Å². The van der Waals surface area contributed by atoms with Gasteiger partial charge in [0.25, 0.3) is 0 Å². The van der Waals surface area contributed by atoms with E-state index in [1.165, 1.54) is 6.07 Å². The van der Waals surface area contributed by atoms with Crippen molar-refractivity contribution in [3.63, 3.8) is 0 Å². The van der Waals surface area contributed by atoms with Crippen molar-refractivity contribution in [1.29, 1.82) is 0 Å². The van der Waals surface area contributed by atoms with Gasteiger partial charge in [-0.2, -0.15) is 0 Å². The second-order valence-electron chi connectivity index (χ2n) is 8.94. The number of benzene rings is 3. The lowest BCUT2D eigenvalue weighted by Crippen LogP contribution is -2.05. The summed E-state index contributed by atoms with van der Waals surface area (Å²) in [6.45, 7) is 0.689. The molecule has 0 saturated heterocycles. The quantitative estimate of drug-likeness (QED) is 0.205. The minimum absolute atomic E-state index is 0.0669. The number of nitrogens with zero attached hydrogens (tertiary/aromatic N) is 3. The Labute approximate surface area is 224 Å². The number of furan rings is 1. The molecule has 38 heavy (non-hydrogen) atoms. The molecule has 5 nitrogen and oxygen atoms in total. The fourth-order valence-electron chi connectivity index (χ4n) is 4.42. The van der Waals surface area contributed by atoms with Crippen LogP contribution >= 0.6 is 11.6 Å². The minimum atomic E-state index is -0.401. The molecule has 0 N–H and O–H groups in total. The third kappa shape index (κ3) is 5.17. The van der Waals surface area contributed by atoms with Crippen LogP contribution in [0.5, 0.6) is 5.88 Å². The van der Waals surface area contributed by atoms with Crippen LogP contribution in [0.3, 0.4) is 0 Å². The summed E-state index contributed by atoms with van der Waals surface area (Å²) in [5.74, 6) is 1.88. The fraction of sp³-hybridized carbons (Fsp3) is 0.0968. The van der Waals surface area contributed by atoms with Gasteiger partial charge in [0.1, 0.15) is 24.0 Å². The van der Waals surface area contributed by atoms with Gasteiger partial charge in [0.05, 0.1) is 29.5 Å². The monoisotopic (exact) mass is 523 g/mol. The lowest BCUT2D eigenvalue weighted by Gasteiger charge is -2.10. The molecule has 7 heteroatoms. The molecule has 0 spiro atoms. The van der Waals surface area contributed by atoms with Crippen LogP contribution in [0.2, 0.25) is 5.02 Å². The number of para-hydroxylation sites is 2. The first-order chi connectivity index (χ1) is 18.6. The molecule has 0 bridgehead atoms. The molecule has 6 aromatic rings. The van der Waals surface area contributed by atoms with Crippen LogP contribution < -0.4 is 4.74 Å². The van der Waals surface area contributed by atoms with Gasteiger partial charge in [-0.05, 0) is 48.0 Å². The van der Waals surface area contributed by atoms with E-state index in [1.54, 1.807) is 24.5 Å². The SMILES string of the molecule is Fc1cc(Cl)ccc1COc1cccc(-c2ccc(Cc3nc4ccccc4n3Cc3ccco3)cc2)n1. The van der Waals surface area contributed by atoms with Crippen LogP contribution in [-0.2, 0) is 19.6 Å². The van der Waals surface area contributed by atoms with Crippen molar-refractivity contribution in [3.05, 3.63) is 137 Å². The molecule has 0 amide bonds. The van der Waals surface area contributed by atoms with Crippen molar-refractivity contribution in [1.82, 2.24) is 14.5 Å². The van der Waals surface area contributed by atoms with Crippen molar-refractivity contribution >= 4 is 22.6 Å². The normalized spacial score (nSPS) is 11.2. The van der Waals surface area contributed by atoms with Crippen LogP contribution in [0.1, 0.15) is 22.7 Å². The van der Waals surface area contributed by atoms with Gasteiger partial charge >= 0.3 is 0 Å². The number of pyridine rings is 1. The van der Waals surface area contributed by atoms with Gasteiger partial charge in [0.2, 0.25) is 5.88 Å². The molecule has 0 aliphatic rings. The highest BCUT2D eigenvalue weighted by Crippen LogP contribution is 2.24. The topological polar surface area (TPSA) is 53.1 Å². The Morgan fingerprint density at radius 3 is 2.55 bits per heavy atom. The van der Waals surface area contributed by atoms with Gasteiger partial charge in [0.15, 0.2) is 0 Å². The number of hydrogen-bond acceptors (Lipinski definition) is 4. The summed E-state index contributed by atoms with van der Waals surface area (Å²) in [7, 11) is 0. The molecule has 3 aromatic heterocycles. The van der Waals surface area contributed by atoms with Gasteiger partial charge < -0.3 is 13.7 Å². The number of halogens is 2. The Hall–Kier alpha value is -4.42. The van der Waals surface area contributed by atoms with Crippen molar-refractivity contribution in [3.8, 4) is 17.1 Å². The Balaban J connectivity index is 1.19. The van der Waals surface area contributed by atoms with Crippen LogP contribution in [0.25, 0.3) is 22.3 Å². The van der Waals surface area contributed by atoms with Gasteiger partial charge in [-0.1, -0.05) is 60.1 Å². The predicted molar refractivity (Wildman–Crippen MR) is 146 cm³/mol. The van der Waals surface area contributed by atoms with Gasteiger partial charge in [-0.3, -0.25) is 0 Å². The van der Waals surface area contributed by atoms with Crippen molar-refractivity contribution < 1.29 is 13.5 Å². The Bertz CT molecular complexity index is 1690. The average molecular weight is 524 g/mol. The van der Waals surface area contributed by atoms with Gasteiger partial charge in [0, 0.05) is 28.6 Å². The largest absolute Gasteiger partial charge is 0.473 e. The fourth-order valence-corrected chi connectivity index (χ4v) is 4.58. The molecule has 0 fully saturated rings. The molecule has 0 atom stereocenters. The molecular weight excluding hydrogens is 501 g/mol. The predicted octanol–water partition coefficient (Wildman–Crippen LogP) is 7.70. The van der Waals surface area contributed by atoms with E-state index in [2.05, 4.69) is 27.8 Å². The second kappa shape index (κ2) is 10.5. The summed E-state index contributed by atoms with van der Waals surface area (Å²) in [5.41, 5.74) is 5.33. The lowest BCUT2D eigenvalue weighted by molar-refractivity contribution is 0.288. The molecule has 6 rings (SSSR count). The molecular formula is C31H23ClFN3O2. The summed E-state index contributed by atoms with van der Waals surface area (Å²) in [5, 5.41) is 0.351. The average Bonchev–Trinajstić information content (AvgIpc) is 3.57. The van der Waals surface area contributed by atoms with E-state index in [1.807, 2.05) is 54.6 Å². The number of fused-ring (bicyclic) bond motifs is 1. The van der Waals surface area contributed by atoms with Crippen molar-refractivity contribution in [2.24, 2.45) is 0 Å². The summed E-state index contributed by atoms with van der Waals surface area (Å²) in [4.78, 5) is 9.50. The van der Waals surface area contributed by atoms with Crippen LogP contribution in [0, 0.1) is 5.82 Å². The number of imidazole rings is 1. The zero-order chi connectivity index (χ0) is 25.9. The molecule has 0 aliphatic carbocycles. The van der Waals surface area contributed by atoms with E-state index >= 15 is 0 Å². The standard InChI is InChI=1S/C31H23ClFN3O2/c32-24-15-14-23(26(33)18-24)20-38-31-9-3-7-27(35-31)22-12-10-21(11-13-22)17-30-34-28-6-1-2-8-29(28)36(30)19-25-5-4-16-37-25/h1-16,18H,17,19-20H2. The first-order valence-corrected chi connectivity index (χ1v) is 12.6. The second-order valence-corrected chi connectivity index (χ2v) is 9.38. The third-order valence-electron chi connectivity index (χ3n) is 6.35. The van der Waals surface area contributed by atoms with Gasteiger partial charge in [-0.15, -0.1) is 0 Å². The molecule has 0 unspecified atom stereocenters. The molecule has 3 aromatic carbocycles. The molecule has 0 radical (unpaired) electrons. The zero-order valence-corrected chi connectivity index (χ0v) is 21.1. The number of hydrogen-bond donors (Lipinski definition) is 0. The van der Waals surface area contributed by atoms with E-state index < -0.39 is 5.82 Å². The van der Waals surface area contributed by atoms with Crippen molar-refractivity contribution in [2.75, 3.05) is 0 Å². The Morgan fingerprint density at radius 2 is 1.74 bits per heavy atom. The van der Waals surface area contributed by atoms with E-state index in [0.29, 0.717) is 29.4 Å². The maximum absolute atomic E-state index is 14.1. The highest BCUT2D eigenvalue weighted by atomic mass is 35.5. The molecule has 0 aliphatic heterocycles. The van der Waals surface area contributed by atoms with E-state index in [0.717, 1.165) is 39.4 Å². The Kier molecular flexibility index (Phi) is 6.63. The van der Waals surface area contributed by atoms with E-state index in [4.69, 9.17) is 25.7 Å². The molecule has 188 valence electrons. The lowest BCUT2D eigenvalue weighted by atomic mass is 10.1. The number of rotatable bonds is 8. The Morgan fingerprint density at radius 1 is 0.868 bits per heavy atom. The highest BCUT2D eigenvalue weighted by Gasteiger charge is 2.13. The number of ether oxygens (including phenoxy) is 1. The smallest absolute Gasteiger partial charge is 0.214 e. The zero-order valence-electron chi connectivity index (χ0n) is 20.4. The van der Waals surface area contributed by atoms with Gasteiger partial charge in [-0.25, -0.2) is 14.4 Å². The summed E-state index contributed by atoms with van der Waals surface area (Å²) < 4.78 is 27.6. The molecule has 0 saturated carbocycles.